The Labute approximate surface area is 136 Å². The normalized spacial score (nSPS) is 10.6. The van der Waals surface area contributed by atoms with Gasteiger partial charge in [-0.25, -0.2) is 0 Å². The van der Waals surface area contributed by atoms with Gasteiger partial charge in [-0.1, -0.05) is 29.4 Å². The van der Waals surface area contributed by atoms with E-state index in [9.17, 15) is 0 Å². The second-order valence-electron chi connectivity index (χ2n) is 4.56. The van der Waals surface area contributed by atoms with Crippen LogP contribution in [0.2, 0.25) is 0 Å². The lowest BCUT2D eigenvalue weighted by atomic mass is 10.1. The van der Waals surface area contributed by atoms with Crippen molar-refractivity contribution in [3.8, 4) is 28.6 Å². The van der Waals surface area contributed by atoms with Gasteiger partial charge in [0.05, 0.1) is 18.2 Å². The smallest absolute Gasteiger partial charge is 0.259 e. The topological polar surface area (TPSA) is 48.2 Å². The summed E-state index contributed by atoms with van der Waals surface area (Å²) < 4.78 is 11.9. The number of ether oxygens (including phenoxy) is 1. The van der Waals surface area contributed by atoms with Gasteiger partial charge in [-0.2, -0.15) is 4.98 Å². The Balaban J connectivity index is 2.08. The number of benzene rings is 2. The zero-order valence-corrected chi connectivity index (χ0v) is 13.8. The van der Waals surface area contributed by atoms with Crippen molar-refractivity contribution < 1.29 is 9.26 Å². The van der Waals surface area contributed by atoms with Crippen molar-refractivity contribution in [2.24, 2.45) is 0 Å². The summed E-state index contributed by atoms with van der Waals surface area (Å²) in [6.45, 7) is 1.99. The molecule has 0 aliphatic carbocycles. The van der Waals surface area contributed by atoms with E-state index in [1.54, 1.807) is 7.11 Å². The summed E-state index contributed by atoms with van der Waals surface area (Å²) in [6, 6.07) is 13.8. The van der Waals surface area contributed by atoms with E-state index < -0.39 is 0 Å². The van der Waals surface area contributed by atoms with Crippen molar-refractivity contribution in [3.63, 3.8) is 0 Å². The molecule has 0 spiro atoms. The second kappa shape index (κ2) is 5.85. The van der Waals surface area contributed by atoms with E-state index in [2.05, 4.69) is 32.7 Å². The van der Waals surface area contributed by atoms with Crippen LogP contribution in [0.15, 0.2) is 47.0 Å². The summed E-state index contributed by atoms with van der Waals surface area (Å²) in [5.41, 5.74) is 2.80. The Hall–Kier alpha value is -1.89. The molecule has 0 fully saturated rings. The van der Waals surface area contributed by atoms with Gasteiger partial charge in [0, 0.05) is 3.57 Å². The number of nitrogens with zero attached hydrogens (tertiary/aromatic N) is 2. The highest BCUT2D eigenvalue weighted by Crippen LogP contribution is 2.32. The lowest BCUT2D eigenvalue weighted by Crippen LogP contribution is -1.92. The molecule has 0 amide bonds. The molecule has 3 rings (SSSR count). The molecule has 1 heterocycles. The van der Waals surface area contributed by atoms with Crippen molar-refractivity contribution in [1.29, 1.82) is 0 Å². The summed E-state index contributed by atoms with van der Waals surface area (Å²) in [4.78, 5) is 4.50. The number of hydrogen-bond acceptors (Lipinski definition) is 4. The molecule has 0 atom stereocenters. The molecule has 4 nitrogen and oxygen atoms in total. The number of para-hydroxylation sites is 1. The highest BCUT2D eigenvalue weighted by atomic mass is 127. The zero-order chi connectivity index (χ0) is 14.8. The summed E-state index contributed by atoms with van der Waals surface area (Å²) in [6.07, 6.45) is 0. The third-order valence-electron chi connectivity index (χ3n) is 3.19. The van der Waals surface area contributed by atoms with Crippen molar-refractivity contribution in [3.05, 3.63) is 51.6 Å². The van der Waals surface area contributed by atoms with Crippen LogP contribution in [-0.4, -0.2) is 17.3 Å². The van der Waals surface area contributed by atoms with E-state index in [0.717, 1.165) is 26.0 Å². The molecule has 0 N–H and O–H groups in total. The van der Waals surface area contributed by atoms with E-state index in [4.69, 9.17) is 9.26 Å². The van der Waals surface area contributed by atoms with E-state index in [1.165, 1.54) is 0 Å². The summed E-state index contributed by atoms with van der Waals surface area (Å²) >= 11 is 2.25. The van der Waals surface area contributed by atoms with Crippen LogP contribution in [-0.2, 0) is 0 Å². The van der Waals surface area contributed by atoms with Crippen LogP contribution in [0.4, 0.5) is 0 Å². The predicted octanol–water partition coefficient (Wildman–Crippen LogP) is 4.33. The molecular formula is C16H13IN2O2. The van der Waals surface area contributed by atoms with Gasteiger partial charge in [0.25, 0.3) is 5.89 Å². The Morgan fingerprint density at radius 2 is 1.81 bits per heavy atom. The van der Waals surface area contributed by atoms with E-state index in [1.807, 2.05) is 49.4 Å². The molecule has 2 aromatic carbocycles. The molecule has 0 aliphatic heterocycles. The third kappa shape index (κ3) is 2.65. The number of aromatic nitrogens is 2. The Morgan fingerprint density at radius 1 is 1.05 bits per heavy atom. The van der Waals surface area contributed by atoms with Gasteiger partial charge < -0.3 is 9.26 Å². The van der Waals surface area contributed by atoms with Gasteiger partial charge >= 0.3 is 0 Å². The maximum absolute atomic E-state index is 5.45. The number of halogens is 1. The first kappa shape index (κ1) is 14.1. The highest BCUT2D eigenvalue weighted by molar-refractivity contribution is 14.1. The SMILES string of the molecule is COc1c(C)cccc1-c1noc(-c2ccccc2I)n1. The molecule has 106 valence electrons. The Bertz CT molecular complexity index is 783. The fraction of sp³-hybridized carbons (Fsp3) is 0.125. The first-order valence-electron chi connectivity index (χ1n) is 6.43. The van der Waals surface area contributed by atoms with Gasteiger partial charge in [0.2, 0.25) is 5.82 Å². The molecule has 0 aliphatic rings. The monoisotopic (exact) mass is 392 g/mol. The summed E-state index contributed by atoms with van der Waals surface area (Å²) in [7, 11) is 1.65. The van der Waals surface area contributed by atoms with Crippen LogP contribution < -0.4 is 4.74 Å². The molecular weight excluding hydrogens is 379 g/mol. The maximum atomic E-state index is 5.45. The lowest BCUT2D eigenvalue weighted by Gasteiger charge is -2.07. The van der Waals surface area contributed by atoms with Crippen LogP contribution in [0, 0.1) is 10.5 Å². The summed E-state index contributed by atoms with van der Waals surface area (Å²) in [5, 5.41) is 4.08. The van der Waals surface area contributed by atoms with Gasteiger partial charge in [0.1, 0.15) is 5.75 Å². The third-order valence-corrected chi connectivity index (χ3v) is 4.13. The lowest BCUT2D eigenvalue weighted by molar-refractivity contribution is 0.411. The van der Waals surface area contributed by atoms with Crippen LogP contribution in [0.1, 0.15) is 5.56 Å². The molecule has 0 bridgehead atoms. The molecule has 21 heavy (non-hydrogen) atoms. The van der Waals surface area contributed by atoms with Crippen molar-refractivity contribution in [2.45, 2.75) is 6.92 Å². The maximum Gasteiger partial charge on any atom is 0.259 e. The van der Waals surface area contributed by atoms with Gasteiger partial charge in [-0.15, -0.1) is 0 Å². The van der Waals surface area contributed by atoms with Crippen LogP contribution in [0.5, 0.6) is 5.75 Å². The predicted molar refractivity (Wildman–Crippen MR) is 89.2 cm³/mol. The minimum Gasteiger partial charge on any atom is -0.496 e. The largest absolute Gasteiger partial charge is 0.496 e. The molecule has 1 aromatic heterocycles. The minimum absolute atomic E-state index is 0.513. The zero-order valence-electron chi connectivity index (χ0n) is 11.6. The van der Waals surface area contributed by atoms with Crippen molar-refractivity contribution in [2.75, 3.05) is 7.11 Å². The van der Waals surface area contributed by atoms with Gasteiger partial charge in [-0.05, 0) is 53.3 Å². The van der Waals surface area contributed by atoms with Crippen LogP contribution in [0.3, 0.4) is 0 Å². The highest BCUT2D eigenvalue weighted by Gasteiger charge is 2.16. The average molecular weight is 392 g/mol. The molecule has 0 radical (unpaired) electrons. The van der Waals surface area contributed by atoms with Gasteiger partial charge in [-0.3, -0.25) is 0 Å². The molecule has 0 saturated carbocycles. The molecule has 5 heteroatoms. The number of aryl methyl sites for hydroxylation is 1. The van der Waals surface area contributed by atoms with Crippen LogP contribution in [0.25, 0.3) is 22.8 Å². The Kier molecular flexibility index (Phi) is 3.92. The first-order chi connectivity index (χ1) is 10.2. The van der Waals surface area contributed by atoms with E-state index in [0.29, 0.717) is 11.7 Å². The standard InChI is InChI=1S/C16H13IN2O2/c1-10-6-5-8-12(14(10)20-2)15-18-16(21-19-15)11-7-3-4-9-13(11)17/h3-9H,1-2H3. The van der Waals surface area contributed by atoms with Crippen molar-refractivity contribution >= 4 is 22.6 Å². The minimum atomic E-state index is 0.513. The summed E-state index contributed by atoms with van der Waals surface area (Å²) in [5.74, 6) is 1.82. The van der Waals surface area contributed by atoms with Gasteiger partial charge in [0.15, 0.2) is 0 Å². The quantitative estimate of drug-likeness (QED) is 0.623. The molecule has 0 saturated heterocycles. The molecule has 0 unspecified atom stereocenters. The number of rotatable bonds is 3. The average Bonchev–Trinajstić information content (AvgIpc) is 2.97. The van der Waals surface area contributed by atoms with Crippen LogP contribution >= 0.6 is 22.6 Å². The molecule has 3 aromatic rings. The fourth-order valence-corrected chi connectivity index (χ4v) is 2.79. The first-order valence-corrected chi connectivity index (χ1v) is 7.51. The van der Waals surface area contributed by atoms with E-state index in [-0.39, 0.29) is 0 Å². The fourth-order valence-electron chi connectivity index (χ4n) is 2.18. The Morgan fingerprint density at radius 3 is 2.57 bits per heavy atom. The second-order valence-corrected chi connectivity index (χ2v) is 5.72. The number of methoxy groups -OCH3 is 1. The van der Waals surface area contributed by atoms with E-state index >= 15 is 0 Å². The number of hydrogen-bond donors (Lipinski definition) is 0. The van der Waals surface area contributed by atoms with Crippen molar-refractivity contribution in [1.82, 2.24) is 10.1 Å².